The molecule has 0 aromatic rings. The van der Waals surface area contributed by atoms with Gasteiger partial charge in [0.15, 0.2) is 0 Å². The Morgan fingerprint density at radius 1 is 1.27 bits per heavy atom. The number of hydrogen-bond donors (Lipinski definition) is 1. The van der Waals surface area contributed by atoms with Crippen LogP contribution in [-0.2, 0) is 4.79 Å². The van der Waals surface area contributed by atoms with E-state index in [2.05, 4.69) is 5.32 Å². The molecular formula is C12H22N2O. The fourth-order valence-electron chi connectivity index (χ4n) is 2.34. The summed E-state index contributed by atoms with van der Waals surface area (Å²) in [5.41, 5.74) is 0. The van der Waals surface area contributed by atoms with E-state index in [9.17, 15) is 4.79 Å². The molecule has 0 heterocycles. The van der Waals surface area contributed by atoms with E-state index in [0.29, 0.717) is 12.6 Å². The van der Waals surface area contributed by atoms with Crippen molar-refractivity contribution in [1.29, 1.82) is 0 Å². The molecule has 0 spiro atoms. The number of nitrogens with zero attached hydrogens (tertiary/aromatic N) is 1. The summed E-state index contributed by atoms with van der Waals surface area (Å²) in [5.74, 6) is 1.02. The van der Waals surface area contributed by atoms with Crippen molar-refractivity contribution in [2.24, 2.45) is 5.92 Å². The Bertz CT molecular complexity index is 220. The van der Waals surface area contributed by atoms with Gasteiger partial charge >= 0.3 is 0 Å². The summed E-state index contributed by atoms with van der Waals surface area (Å²) in [6.07, 6.45) is 7.83. The second-order valence-corrected chi connectivity index (χ2v) is 5.08. The molecule has 0 bridgehead atoms. The zero-order valence-electron chi connectivity index (χ0n) is 9.67. The quantitative estimate of drug-likeness (QED) is 0.743. The van der Waals surface area contributed by atoms with Crippen molar-refractivity contribution in [3.05, 3.63) is 0 Å². The van der Waals surface area contributed by atoms with Crippen LogP contribution >= 0.6 is 0 Å². The number of carbonyl (C=O) groups excluding carboxylic acids is 1. The average Bonchev–Trinajstić information content (AvgIpc) is 2.92. The Hall–Kier alpha value is -0.570. The number of nitrogens with one attached hydrogen (secondary N) is 1. The van der Waals surface area contributed by atoms with Gasteiger partial charge in [0.05, 0.1) is 6.54 Å². The largest absolute Gasteiger partial charge is 0.344 e. The molecule has 0 aliphatic heterocycles. The molecule has 2 fully saturated rings. The van der Waals surface area contributed by atoms with Crippen LogP contribution in [0.1, 0.15) is 38.5 Å². The van der Waals surface area contributed by atoms with Gasteiger partial charge in [-0.15, -0.1) is 0 Å². The minimum atomic E-state index is 0.258. The van der Waals surface area contributed by atoms with E-state index in [4.69, 9.17) is 0 Å². The number of amides is 1. The van der Waals surface area contributed by atoms with Gasteiger partial charge in [0, 0.05) is 19.6 Å². The highest BCUT2D eigenvalue weighted by Gasteiger charge is 2.23. The number of rotatable bonds is 5. The third-order valence-corrected chi connectivity index (χ3v) is 3.55. The Kier molecular flexibility index (Phi) is 3.62. The Labute approximate surface area is 92.2 Å². The van der Waals surface area contributed by atoms with E-state index in [1.807, 2.05) is 11.9 Å². The monoisotopic (exact) mass is 210 g/mol. The highest BCUT2D eigenvalue weighted by atomic mass is 16.2. The van der Waals surface area contributed by atoms with E-state index in [1.165, 1.54) is 38.5 Å². The molecule has 86 valence electrons. The van der Waals surface area contributed by atoms with E-state index in [-0.39, 0.29) is 5.91 Å². The fraction of sp³-hybridized carbons (Fsp3) is 0.917. The molecule has 0 aromatic carbocycles. The standard InChI is InChI=1S/C12H22N2O/c1-14(9-10-4-2-3-5-10)12(15)8-13-11-6-7-11/h10-11,13H,2-9H2,1H3. The number of hydrogen-bond acceptors (Lipinski definition) is 2. The van der Waals surface area contributed by atoms with Crippen LogP contribution in [0.2, 0.25) is 0 Å². The summed E-state index contributed by atoms with van der Waals surface area (Å²) in [4.78, 5) is 13.6. The lowest BCUT2D eigenvalue weighted by atomic mass is 10.1. The smallest absolute Gasteiger partial charge is 0.236 e. The van der Waals surface area contributed by atoms with Crippen molar-refractivity contribution in [2.75, 3.05) is 20.1 Å². The molecule has 1 N–H and O–H groups in total. The van der Waals surface area contributed by atoms with Crippen LogP contribution in [0.15, 0.2) is 0 Å². The summed E-state index contributed by atoms with van der Waals surface area (Å²) in [6.45, 7) is 1.50. The highest BCUT2D eigenvalue weighted by molar-refractivity contribution is 5.78. The van der Waals surface area contributed by atoms with Crippen LogP contribution in [0, 0.1) is 5.92 Å². The van der Waals surface area contributed by atoms with Gasteiger partial charge in [-0.25, -0.2) is 0 Å². The maximum absolute atomic E-state index is 11.7. The maximum Gasteiger partial charge on any atom is 0.236 e. The third-order valence-electron chi connectivity index (χ3n) is 3.55. The molecule has 3 nitrogen and oxygen atoms in total. The molecule has 3 heteroatoms. The molecule has 1 amide bonds. The predicted molar refractivity (Wildman–Crippen MR) is 60.6 cm³/mol. The first-order valence-electron chi connectivity index (χ1n) is 6.23. The van der Waals surface area contributed by atoms with Crippen LogP contribution in [0.4, 0.5) is 0 Å². The summed E-state index contributed by atoms with van der Waals surface area (Å²) in [6, 6.07) is 0.633. The van der Waals surface area contributed by atoms with Crippen molar-refractivity contribution in [3.8, 4) is 0 Å². The molecule has 0 radical (unpaired) electrons. The van der Waals surface area contributed by atoms with Gasteiger partial charge in [-0.3, -0.25) is 4.79 Å². The van der Waals surface area contributed by atoms with E-state index in [1.54, 1.807) is 0 Å². The Morgan fingerprint density at radius 3 is 2.53 bits per heavy atom. The second kappa shape index (κ2) is 4.97. The topological polar surface area (TPSA) is 32.3 Å². The van der Waals surface area contributed by atoms with Gasteiger partial charge in [0.2, 0.25) is 5.91 Å². The van der Waals surface area contributed by atoms with Gasteiger partial charge in [0.1, 0.15) is 0 Å². The van der Waals surface area contributed by atoms with Crippen molar-refractivity contribution >= 4 is 5.91 Å². The molecule has 0 aromatic heterocycles. The molecule has 0 atom stereocenters. The van der Waals surface area contributed by atoms with Gasteiger partial charge < -0.3 is 10.2 Å². The normalized spacial score (nSPS) is 21.9. The first-order valence-corrected chi connectivity index (χ1v) is 6.23. The lowest BCUT2D eigenvalue weighted by molar-refractivity contribution is -0.129. The zero-order chi connectivity index (χ0) is 10.7. The lowest BCUT2D eigenvalue weighted by Crippen LogP contribution is -2.38. The first-order chi connectivity index (χ1) is 7.25. The molecule has 15 heavy (non-hydrogen) atoms. The third kappa shape index (κ3) is 3.49. The SMILES string of the molecule is CN(CC1CCCC1)C(=O)CNC1CC1. The highest BCUT2D eigenvalue weighted by Crippen LogP contribution is 2.25. The number of carbonyl (C=O) groups is 1. The molecule has 2 aliphatic carbocycles. The van der Waals surface area contributed by atoms with Crippen molar-refractivity contribution in [2.45, 2.75) is 44.6 Å². The van der Waals surface area contributed by atoms with Crippen molar-refractivity contribution in [3.63, 3.8) is 0 Å². The van der Waals surface area contributed by atoms with Gasteiger partial charge in [-0.05, 0) is 31.6 Å². The summed E-state index contributed by atoms with van der Waals surface area (Å²) >= 11 is 0. The van der Waals surface area contributed by atoms with Gasteiger partial charge in [0.25, 0.3) is 0 Å². The summed E-state index contributed by atoms with van der Waals surface area (Å²) in [5, 5.41) is 3.27. The molecule has 2 aliphatic rings. The minimum absolute atomic E-state index is 0.258. The van der Waals surface area contributed by atoms with Crippen LogP contribution in [0.3, 0.4) is 0 Å². The van der Waals surface area contributed by atoms with E-state index < -0.39 is 0 Å². The van der Waals surface area contributed by atoms with Crippen LogP contribution < -0.4 is 5.32 Å². The van der Waals surface area contributed by atoms with Crippen LogP contribution in [0.25, 0.3) is 0 Å². The van der Waals surface area contributed by atoms with Crippen molar-refractivity contribution < 1.29 is 4.79 Å². The maximum atomic E-state index is 11.7. The predicted octanol–water partition coefficient (Wildman–Crippen LogP) is 1.39. The van der Waals surface area contributed by atoms with Gasteiger partial charge in [-0.1, -0.05) is 12.8 Å². The fourth-order valence-corrected chi connectivity index (χ4v) is 2.34. The van der Waals surface area contributed by atoms with Crippen molar-refractivity contribution in [1.82, 2.24) is 10.2 Å². The van der Waals surface area contributed by atoms with Gasteiger partial charge in [-0.2, -0.15) is 0 Å². The average molecular weight is 210 g/mol. The van der Waals surface area contributed by atoms with Crippen LogP contribution in [0.5, 0.6) is 0 Å². The number of likely N-dealkylation sites (N-methyl/N-ethyl adjacent to an activating group) is 1. The Morgan fingerprint density at radius 2 is 1.93 bits per heavy atom. The molecule has 2 saturated carbocycles. The first kappa shape index (κ1) is 10.9. The summed E-state index contributed by atoms with van der Waals surface area (Å²) in [7, 11) is 1.94. The zero-order valence-corrected chi connectivity index (χ0v) is 9.67. The molecule has 2 rings (SSSR count). The molecule has 0 unspecified atom stereocenters. The summed E-state index contributed by atoms with van der Waals surface area (Å²) < 4.78 is 0. The molecule has 0 saturated heterocycles. The molecular weight excluding hydrogens is 188 g/mol. The Balaban J connectivity index is 1.63. The second-order valence-electron chi connectivity index (χ2n) is 5.08. The van der Waals surface area contributed by atoms with E-state index >= 15 is 0 Å². The lowest BCUT2D eigenvalue weighted by Gasteiger charge is -2.21. The van der Waals surface area contributed by atoms with E-state index in [0.717, 1.165) is 12.5 Å². The van der Waals surface area contributed by atoms with Crippen LogP contribution in [-0.4, -0.2) is 37.0 Å². The minimum Gasteiger partial charge on any atom is -0.344 e.